The highest BCUT2D eigenvalue weighted by atomic mass is 35.5. The molecule has 1 aromatic carbocycles. The average Bonchev–Trinajstić information content (AvgIpc) is 2.88. The normalized spacial score (nSPS) is 12.0. The van der Waals surface area contributed by atoms with Gasteiger partial charge in [0.05, 0.1) is 16.9 Å². The first-order valence-corrected chi connectivity index (χ1v) is 12.2. The molecule has 0 fully saturated rings. The number of aromatic hydroxyl groups is 1. The predicted octanol–water partition coefficient (Wildman–Crippen LogP) is 4.16. The largest absolute Gasteiger partial charge is 0.508 e. The topological polar surface area (TPSA) is 73.1 Å². The van der Waals surface area contributed by atoms with Gasteiger partial charge in [0.25, 0.3) is 0 Å². The van der Waals surface area contributed by atoms with E-state index < -0.39 is 8.07 Å². The van der Waals surface area contributed by atoms with Gasteiger partial charge in [-0.05, 0) is 24.2 Å². The fraction of sp³-hybridized carbons (Fsp3) is 0.353. The summed E-state index contributed by atoms with van der Waals surface area (Å²) >= 11 is 6.02. The molecule has 2 heterocycles. The molecule has 1 N–H and O–H groups in total. The molecule has 0 radical (unpaired) electrons. The second kappa shape index (κ2) is 7.11. The maximum Gasteiger partial charge on any atom is 0.140 e. The minimum absolute atomic E-state index is 0.174. The van der Waals surface area contributed by atoms with E-state index in [9.17, 15) is 5.11 Å². The quantitative estimate of drug-likeness (QED) is 0.397. The van der Waals surface area contributed by atoms with Gasteiger partial charge in [0, 0.05) is 26.1 Å². The number of phenols is 1. The van der Waals surface area contributed by atoms with Gasteiger partial charge in [-0.15, -0.1) is 0 Å². The molecule has 132 valence electrons. The van der Waals surface area contributed by atoms with E-state index in [0.29, 0.717) is 24.2 Å². The number of benzene rings is 1. The highest BCUT2D eigenvalue weighted by Crippen LogP contribution is 2.30. The number of fused-ring (bicyclic) bond motifs is 1. The lowest BCUT2D eigenvalue weighted by molar-refractivity contribution is 0.0802. The van der Waals surface area contributed by atoms with Crippen LogP contribution in [0.3, 0.4) is 0 Å². The van der Waals surface area contributed by atoms with Crippen molar-refractivity contribution in [3.05, 3.63) is 35.7 Å². The number of hydrogen-bond donors (Lipinski definition) is 1. The number of phenolic OH excluding ortho intramolecular Hbond substituents is 1. The van der Waals surface area contributed by atoms with E-state index in [0.717, 1.165) is 22.6 Å². The van der Waals surface area contributed by atoms with E-state index in [1.165, 1.54) is 6.33 Å². The molecule has 3 rings (SSSR count). The number of rotatable bonds is 6. The Kier molecular flexibility index (Phi) is 5.08. The summed E-state index contributed by atoms with van der Waals surface area (Å²) in [6.07, 6.45) is 1.41. The number of ether oxygens (including phenoxy) is 1. The fourth-order valence-electron chi connectivity index (χ4n) is 2.48. The lowest BCUT2D eigenvalue weighted by Crippen LogP contribution is -2.22. The summed E-state index contributed by atoms with van der Waals surface area (Å²) < 4.78 is 7.60. The van der Waals surface area contributed by atoms with E-state index in [-0.39, 0.29) is 5.75 Å². The molecular weight excluding hydrogens is 356 g/mol. The standard InChI is InChI=1S/C17H21ClN4O2Si/c1-25(2,3)7-6-24-11-22-17(15-9-16(18)20-10-19-15)13-8-12(23)4-5-14(13)21-22/h4-5,8-10,23H,6-7,11H2,1-3H3. The van der Waals surface area contributed by atoms with Crippen LogP contribution in [0.25, 0.3) is 22.3 Å². The summed E-state index contributed by atoms with van der Waals surface area (Å²) in [5.74, 6) is 0.174. The molecule has 0 atom stereocenters. The van der Waals surface area contributed by atoms with Crippen LogP contribution in [0.1, 0.15) is 0 Å². The third-order valence-corrected chi connectivity index (χ3v) is 5.72. The van der Waals surface area contributed by atoms with Crippen LogP contribution in [-0.2, 0) is 11.5 Å². The molecule has 25 heavy (non-hydrogen) atoms. The Hall–Kier alpha value is -1.96. The van der Waals surface area contributed by atoms with E-state index in [4.69, 9.17) is 16.3 Å². The van der Waals surface area contributed by atoms with Crippen LogP contribution in [0.5, 0.6) is 5.75 Å². The summed E-state index contributed by atoms with van der Waals surface area (Å²) in [6, 6.07) is 7.83. The SMILES string of the molecule is C[Si](C)(C)CCOCn1nc2ccc(O)cc2c1-c1cc(Cl)ncn1. The third kappa shape index (κ3) is 4.36. The molecule has 0 saturated heterocycles. The Morgan fingerprint density at radius 2 is 2.00 bits per heavy atom. The molecule has 3 aromatic rings. The second-order valence-corrected chi connectivity index (χ2v) is 13.1. The lowest BCUT2D eigenvalue weighted by Gasteiger charge is -2.15. The number of halogens is 1. The van der Waals surface area contributed by atoms with E-state index >= 15 is 0 Å². The molecular formula is C17H21ClN4O2Si. The van der Waals surface area contributed by atoms with Gasteiger partial charge in [-0.25, -0.2) is 14.6 Å². The minimum Gasteiger partial charge on any atom is -0.508 e. The first kappa shape index (κ1) is 17.8. The van der Waals surface area contributed by atoms with Crippen LogP contribution >= 0.6 is 11.6 Å². The van der Waals surface area contributed by atoms with Gasteiger partial charge in [0.15, 0.2) is 0 Å². The zero-order valence-electron chi connectivity index (χ0n) is 14.5. The van der Waals surface area contributed by atoms with Crippen LogP contribution < -0.4 is 0 Å². The van der Waals surface area contributed by atoms with Crippen molar-refractivity contribution in [3.63, 3.8) is 0 Å². The van der Waals surface area contributed by atoms with E-state index in [1.54, 1.807) is 28.9 Å². The maximum absolute atomic E-state index is 9.85. The van der Waals surface area contributed by atoms with Gasteiger partial charge < -0.3 is 9.84 Å². The zero-order chi connectivity index (χ0) is 18.0. The molecule has 8 heteroatoms. The van der Waals surface area contributed by atoms with Gasteiger partial charge in [0.2, 0.25) is 0 Å². The Morgan fingerprint density at radius 3 is 2.72 bits per heavy atom. The van der Waals surface area contributed by atoms with Gasteiger partial charge in [0.1, 0.15) is 24.0 Å². The molecule has 2 aromatic heterocycles. The maximum atomic E-state index is 9.85. The molecule has 0 aliphatic heterocycles. The smallest absolute Gasteiger partial charge is 0.140 e. The Labute approximate surface area is 152 Å². The van der Waals surface area contributed by atoms with Crippen LogP contribution in [0, 0.1) is 0 Å². The van der Waals surface area contributed by atoms with Crippen LogP contribution in [0.4, 0.5) is 0 Å². The fourth-order valence-corrected chi connectivity index (χ4v) is 3.38. The van der Waals surface area contributed by atoms with E-state index in [1.807, 2.05) is 0 Å². The summed E-state index contributed by atoms with van der Waals surface area (Å²) in [5.41, 5.74) is 2.15. The lowest BCUT2D eigenvalue weighted by atomic mass is 10.1. The number of aromatic nitrogens is 4. The Balaban J connectivity index is 1.95. The molecule has 0 bridgehead atoms. The highest BCUT2D eigenvalue weighted by Gasteiger charge is 2.17. The van der Waals surface area contributed by atoms with Crippen molar-refractivity contribution in [2.45, 2.75) is 32.4 Å². The minimum atomic E-state index is -1.15. The number of nitrogens with zero attached hydrogens (tertiary/aromatic N) is 4. The summed E-state index contributed by atoms with van der Waals surface area (Å²) in [5, 5.41) is 15.6. The third-order valence-electron chi connectivity index (χ3n) is 3.81. The van der Waals surface area contributed by atoms with Crippen molar-refractivity contribution >= 4 is 30.6 Å². The van der Waals surface area contributed by atoms with E-state index in [2.05, 4.69) is 34.7 Å². The molecule has 0 unspecified atom stereocenters. The zero-order valence-corrected chi connectivity index (χ0v) is 16.3. The molecule has 6 nitrogen and oxygen atoms in total. The number of hydrogen-bond acceptors (Lipinski definition) is 5. The Bertz CT molecular complexity index is 892. The summed E-state index contributed by atoms with van der Waals surface area (Å²) in [4.78, 5) is 8.23. The summed E-state index contributed by atoms with van der Waals surface area (Å²) in [7, 11) is -1.15. The van der Waals surface area contributed by atoms with Crippen molar-refractivity contribution in [1.82, 2.24) is 19.7 Å². The van der Waals surface area contributed by atoms with Crippen molar-refractivity contribution in [2.24, 2.45) is 0 Å². The molecule has 0 aliphatic carbocycles. The Morgan fingerprint density at radius 1 is 1.20 bits per heavy atom. The van der Waals surface area contributed by atoms with Gasteiger partial charge >= 0.3 is 0 Å². The van der Waals surface area contributed by atoms with Crippen molar-refractivity contribution < 1.29 is 9.84 Å². The molecule has 0 amide bonds. The van der Waals surface area contributed by atoms with Crippen molar-refractivity contribution in [2.75, 3.05) is 6.61 Å². The molecule has 0 aliphatic rings. The summed E-state index contributed by atoms with van der Waals surface area (Å²) in [6.45, 7) is 7.96. The van der Waals surface area contributed by atoms with Gasteiger partial charge in [-0.2, -0.15) is 5.10 Å². The highest BCUT2D eigenvalue weighted by molar-refractivity contribution is 6.76. The second-order valence-electron chi connectivity index (χ2n) is 7.12. The average molecular weight is 377 g/mol. The monoisotopic (exact) mass is 376 g/mol. The predicted molar refractivity (Wildman–Crippen MR) is 102 cm³/mol. The first-order valence-electron chi connectivity index (χ1n) is 8.09. The van der Waals surface area contributed by atoms with Crippen LogP contribution in [0.2, 0.25) is 30.8 Å². The van der Waals surface area contributed by atoms with Crippen LogP contribution in [-0.4, -0.2) is 39.5 Å². The van der Waals surface area contributed by atoms with Crippen molar-refractivity contribution in [3.8, 4) is 17.1 Å². The molecule has 0 saturated carbocycles. The first-order chi connectivity index (χ1) is 11.8. The molecule has 0 spiro atoms. The van der Waals surface area contributed by atoms with Gasteiger partial charge in [-0.3, -0.25) is 0 Å². The van der Waals surface area contributed by atoms with Gasteiger partial charge in [-0.1, -0.05) is 31.2 Å². The van der Waals surface area contributed by atoms with Crippen molar-refractivity contribution in [1.29, 1.82) is 0 Å². The van der Waals surface area contributed by atoms with Crippen LogP contribution in [0.15, 0.2) is 30.6 Å².